The molecule has 2 atom stereocenters. The highest BCUT2D eigenvalue weighted by Gasteiger charge is 2.55. The van der Waals surface area contributed by atoms with Crippen LogP contribution in [0.2, 0.25) is 0 Å². The molecule has 1 fully saturated rings. The molecule has 54 valence electrons. The van der Waals surface area contributed by atoms with Gasteiger partial charge in [0.25, 0.3) is 0 Å². The Hall–Kier alpha value is -0.110. The summed E-state index contributed by atoms with van der Waals surface area (Å²) in [7, 11) is 0. The molecule has 1 aliphatic rings. The average Bonchev–Trinajstić information content (AvgIpc) is 2.44. The van der Waals surface area contributed by atoms with Crippen LogP contribution in [0.15, 0.2) is 0 Å². The molecular formula is C7H14FN. The molecule has 9 heavy (non-hydrogen) atoms. The van der Waals surface area contributed by atoms with Crippen molar-refractivity contribution in [3.05, 3.63) is 0 Å². The Morgan fingerprint density at radius 3 is 2.44 bits per heavy atom. The first-order chi connectivity index (χ1) is 4.10. The Balaban J connectivity index is 2.38. The van der Waals surface area contributed by atoms with Gasteiger partial charge in [0.05, 0.1) is 0 Å². The van der Waals surface area contributed by atoms with E-state index in [9.17, 15) is 4.39 Å². The van der Waals surface area contributed by atoms with E-state index >= 15 is 0 Å². The van der Waals surface area contributed by atoms with Crippen LogP contribution in [0.1, 0.15) is 20.3 Å². The highest BCUT2D eigenvalue weighted by Crippen LogP contribution is 2.50. The van der Waals surface area contributed by atoms with Crippen LogP contribution < -0.4 is 5.73 Å². The minimum Gasteiger partial charge on any atom is -0.328 e. The average molecular weight is 131 g/mol. The summed E-state index contributed by atoms with van der Waals surface area (Å²) in [6.07, 6.45) is 0.682. The topological polar surface area (TPSA) is 26.0 Å². The molecule has 0 aliphatic heterocycles. The lowest BCUT2D eigenvalue weighted by atomic mass is 10.1. The third-order valence-electron chi connectivity index (χ3n) is 2.21. The molecule has 0 aromatic carbocycles. The van der Waals surface area contributed by atoms with Gasteiger partial charge in [-0.2, -0.15) is 0 Å². The predicted octanol–water partition coefficient (Wildman–Crippen LogP) is 1.33. The summed E-state index contributed by atoms with van der Waals surface area (Å²) in [5.41, 5.74) is 4.23. The Kier molecular flexibility index (Phi) is 1.51. The van der Waals surface area contributed by atoms with E-state index in [0.717, 1.165) is 0 Å². The number of rotatable bonds is 2. The molecule has 0 spiro atoms. The molecule has 0 aromatic heterocycles. The van der Waals surface area contributed by atoms with Gasteiger partial charge in [-0.25, -0.2) is 4.39 Å². The lowest BCUT2D eigenvalue weighted by Crippen LogP contribution is -2.20. The minimum absolute atomic E-state index is 0.204. The van der Waals surface area contributed by atoms with Crippen LogP contribution in [0.4, 0.5) is 4.39 Å². The molecule has 1 rings (SSSR count). The van der Waals surface area contributed by atoms with Crippen molar-refractivity contribution in [2.45, 2.75) is 25.9 Å². The van der Waals surface area contributed by atoms with Crippen LogP contribution in [-0.4, -0.2) is 12.2 Å². The van der Waals surface area contributed by atoms with E-state index in [-0.39, 0.29) is 12.5 Å². The molecule has 2 N–H and O–H groups in total. The second-order valence-corrected chi connectivity index (χ2v) is 3.29. The zero-order chi connectivity index (χ0) is 7.07. The number of nitrogens with two attached hydrogens (primary N) is 1. The van der Waals surface area contributed by atoms with Crippen molar-refractivity contribution in [1.82, 2.24) is 0 Å². The van der Waals surface area contributed by atoms with Gasteiger partial charge in [0.2, 0.25) is 0 Å². The molecule has 0 bridgehead atoms. The van der Waals surface area contributed by atoms with Crippen LogP contribution in [0, 0.1) is 11.8 Å². The molecule has 0 saturated heterocycles. The molecule has 0 radical (unpaired) electrons. The summed E-state index contributed by atoms with van der Waals surface area (Å²) in [6, 6.07) is 0. The molecule has 2 unspecified atom stereocenters. The standard InChI is InChI=1S/C7H14FN/c1-5(2)6-3-7(6,8)4-9/h5-6H,3-4,9H2,1-2H3. The lowest BCUT2D eigenvalue weighted by molar-refractivity contribution is 0.267. The Morgan fingerprint density at radius 1 is 1.78 bits per heavy atom. The van der Waals surface area contributed by atoms with Crippen molar-refractivity contribution >= 4 is 0 Å². The monoisotopic (exact) mass is 131 g/mol. The van der Waals surface area contributed by atoms with Crippen LogP contribution in [0.3, 0.4) is 0 Å². The maximum Gasteiger partial charge on any atom is 0.126 e. The number of hydrogen-bond acceptors (Lipinski definition) is 1. The highest BCUT2D eigenvalue weighted by atomic mass is 19.1. The number of alkyl halides is 1. The fourth-order valence-corrected chi connectivity index (χ4v) is 1.37. The summed E-state index contributed by atoms with van der Waals surface area (Å²) < 4.78 is 13.0. The largest absolute Gasteiger partial charge is 0.328 e. The van der Waals surface area contributed by atoms with E-state index in [1.54, 1.807) is 0 Å². The maximum atomic E-state index is 13.0. The van der Waals surface area contributed by atoms with Crippen LogP contribution in [0.5, 0.6) is 0 Å². The molecule has 1 saturated carbocycles. The van der Waals surface area contributed by atoms with Gasteiger partial charge < -0.3 is 5.73 Å². The van der Waals surface area contributed by atoms with E-state index in [4.69, 9.17) is 5.73 Å². The minimum atomic E-state index is -0.992. The van der Waals surface area contributed by atoms with Crippen LogP contribution in [-0.2, 0) is 0 Å². The third kappa shape index (κ3) is 1.08. The van der Waals surface area contributed by atoms with Gasteiger partial charge in [-0.3, -0.25) is 0 Å². The summed E-state index contributed by atoms with van der Waals surface area (Å²) >= 11 is 0. The smallest absolute Gasteiger partial charge is 0.126 e. The fourth-order valence-electron chi connectivity index (χ4n) is 1.37. The quantitative estimate of drug-likeness (QED) is 0.601. The Labute approximate surface area is 55.4 Å². The van der Waals surface area contributed by atoms with Gasteiger partial charge in [-0.15, -0.1) is 0 Å². The van der Waals surface area contributed by atoms with E-state index in [1.165, 1.54) is 0 Å². The van der Waals surface area contributed by atoms with E-state index in [2.05, 4.69) is 0 Å². The van der Waals surface area contributed by atoms with Gasteiger partial charge >= 0.3 is 0 Å². The lowest BCUT2D eigenvalue weighted by Gasteiger charge is -2.05. The molecule has 1 nitrogen and oxygen atoms in total. The Bertz CT molecular complexity index is 113. The Morgan fingerprint density at radius 2 is 2.33 bits per heavy atom. The SMILES string of the molecule is CC(C)C1CC1(F)CN. The van der Waals surface area contributed by atoms with Crippen molar-refractivity contribution < 1.29 is 4.39 Å². The van der Waals surface area contributed by atoms with E-state index in [0.29, 0.717) is 12.3 Å². The number of halogens is 1. The summed E-state index contributed by atoms with van der Waals surface area (Å²) in [6.45, 7) is 4.29. The van der Waals surface area contributed by atoms with Crippen LogP contribution >= 0.6 is 0 Å². The first-order valence-electron chi connectivity index (χ1n) is 3.49. The van der Waals surface area contributed by atoms with Gasteiger partial charge in [0.15, 0.2) is 0 Å². The van der Waals surface area contributed by atoms with Crippen molar-refractivity contribution in [2.24, 2.45) is 17.6 Å². The summed E-state index contributed by atoms with van der Waals surface area (Å²) in [4.78, 5) is 0. The zero-order valence-electron chi connectivity index (χ0n) is 6.02. The summed E-state index contributed by atoms with van der Waals surface area (Å²) in [5, 5.41) is 0. The van der Waals surface area contributed by atoms with E-state index in [1.807, 2.05) is 13.8 Å². The van der Waals surface area contributed by atoms with Crippen molar-refractivity contribution in [2.75, 3.05) is 6.54 Å². The molecule has 0 heterocycles. The fraction of sp³-hybridized carbons (Fsp3) is 1.00. The van der Waals surface area contributed by atoms with Crippen molar-refractivity contribution in [3.8, 4) is 0 Å². The van der Waals surface area contributed by atoms with Gasteiger partial charge in [-0.1, -0.05) is 13.8 Å². The van der Waals surface area contributed by atoms with Crippen LogP contribution in [0.25, 0.3) is 0 Å². The molecule has 1 aliphatic carbocycles. The normalized spacial score (nSPS) is 41.7. The molecular weight excluding hydrogens is 117 g/mol. The molecule has 2 heteroatoms. The molecule has 0 amide bonds. The number of hydrogen-bond donors (Lipinski definition) is 1. The second-order valence-electron chi connectivity index (χ2n) is 3.29. The van der Waals surface area contributed by atoms with Crippen molar-refractivity contribution in [1.29, 1.82) is 0 Å². The van der Waals surface area contributed by atoms with Crippen molar-refractivity contribution in [3.63, 3.8) is 0 Å². The van der Waals surface area contributed by atoms with Gasteiger partial charge in [-0.05, 0) is 18.3 Å². The maximum absolute atomic E-state index is 13.0. The first-order valence-corrected chi connectivity index (χ1v) is 3.49. The van der Waals surface area contributed by atoms with Gasteiger partial charge in [0, 0.05) is 6.54 Å². The third-order valence-corrected chi connectivity index (χ3v) is 2.21. The first kappa shape index (κ1) is 7.00. The van der Waals surface area contributed by atoms with Gasteiger partial charge in [0.1, 0.15) is 5.67 Å². The highest BCUT2D eigenvalue weighted by molar-refractivity contribution is 5.05. The summed E-state index contributed by atoms with van der Waals surface area (Å²) in [5.74, 6) is 0.695. The second kappa shape index (κ2) is 1.94. The van der Waals surface area contributed by atoms with E-state index < -0.39 is 5.67 Å². The molecule has 0 aromatic rings. The zero-order valence-corrected chi connectivity index (χ0v) is 6.02. The predicted molar refractivity (Wildman–Crippen MR) is 35.8 cm³/mol.